The van der Waals surface area contributed by atoms with Crippen LogP contribution in [-0.4, -0.2) is 11.0 Å². The van der Waals surface area contributed by atoms with E-state index in [1.54, 1.807) is 24.3 Å². The molecule has 0 saturated heterocycles. The van der Waals surface area contributed by atoms with Gasteiger partial charge in [-0.2, -0.15) is 0 Å². The van der Waals surface area contributed by atoms with Crippen LogP contribution >= 0.6 is 23.8 Å². The lowest BCUT2D eigenvalue weighted by atomic mass is 9.95. The Hall–Kier alpha value is -2.37. The molecule has 0 saturated carbocycles. The Morgan fingerprint density at radius 3 is 2.62 bits per heavy atom. The summed E-state index contributed by atoms with van der Waals surface area (Å²) in [6, 6.07) is 16.5. The molecule has 24 heavy (non-hydrogen) atoms. The van der Waals surface area contributed by atoms with E-state index >= 15 is 0 Å². The minimum Gasteiger partial charge on any atom is -0.351 e. The average molecular weight is 358 g/mol. The maximum Gasteiger partial charge on any atom is 0.255 e. The number of carbonyl (C=O) groups excluding carboxylic acids is 1. The average Bonchev–Trinajstić information content (AvgIpc) is 2.54. The van der Waals surface area contributed by atoms with Gasteiger partial charge in [-0.05, 0) is 42.9 Å². The number of hydrogen-bond donors (Lipinski definition) is 3. The molecule has 1 heterocycles. The fourth-order valence-electron chi connectivity index (χ4n) is 2.66. The number of carbonyl (C=O) groups is 1. The second-order valence-corrected chi connectivity index (χ2v) is 6.29. The molecule has 0 aliphatic carbocycles. The van der Waals surface area contributed by atoms with Crippen LogP contribution in [0.15, 0.2) is 65.9 Å². The first-order valence-electron chi connectivity index (χ1n) is 7.45. The monoisotopic (exact) mass is 357 g/mol. The third-order valence-electron chi connectivity index (χ3n) is 3.73. The van der Waals surface area contributed by atoms with Crippen LogP contribution in [0.4, 0.5) is 5.69 Å². The fraction of sp³-hybridized carbons (Fsp3) is 0.111. The Balaban J connectivity index is 1.94. The van der Waals surface area contributed by atoms with Crippen molar-refractivity contribution in [3.8, 4) is 0 Å². The lowest BCUT2D eigenvalue weighted by Crippen LogP contribution is -2.45. The highest BCUT2D eigenvalue weighted by Gasteiger charge is 2.29. The van der Waals surface area contributed by atoms with Crippen molar-refractivity contribution >= 4 is 40.5 Å². The smallest absolute Gasteiger partial charge is 0.255 e. The second-order valence-electron chi connectivity index (χ2n) is 5.45. The molecule has 1 atom stereocenters. The molecule has 122 valence electrons. The second kappa shape index (κ2) is 7.03. The van der Waals surface area contributed by atoms with E-state index in [0.717, 1.165) is 11.3 Å². The summed E-state index contributed by atoms with van der Waals surface area (Å²) < 4.78 is 0. The lowest BCUT2D eigenvalue weighted by molar-refractivity contribution is -0.113. The minimum atomic E-state index is -0.306. The predicted octanol–water partition coefficient (Wildman–Crippen LogP) is 3.77. The van der Waals surface area contributed by atoms with Crippen LogP contribution in [0.25, 0.3) is 0 Å². The van der Waals surface area contributed by atoms with Gasteiger partial charge in [-0.15, -0.1) is 0 Å². The molecule has 0 unspecified atom stereocenters. The summed E-state index contributed by atoms with van der Waals surface area (Å²) in [4.78, 5) is 12.8. The van der Waals surface area contributed by atoms with Gasteiger partial charge in [-0.1, -0.05) is 48.0 Å². The summed E-state index contributed by atoms with van der Waals surface area (Å²) in [5, 5.41) is 10.1. The number of nitrogens with one attached hydrogen (secondary N) is 3. The van der Waals surface area contributed by atoms with Crippen LogP contribution in [-0.2, 0) is 4.79 Å². The Morgan fingerprint density at radius 1 is 1.17 bits per heavy atom. The zero-order valence-corrected chi connectivity index (χ0v) is 14.5. The van der Waals surface area contributed by atoms with Crippen LogP contribution in [0.3, 0.4) is 0 Å². The molecule has 0 spiro atoms. The third-order valence-corrected chi connectivity index (χ3v) is 4.18. The van der Waals surface area contributed by atoms with Gasteiger partial charge in [0.1, 0.15) is 0 Å². The first kappa shape index (κ1) is 16.5. The molecule has 1 aliphatic rings. The molecule has 0 radical (unpaired) electrons. The Bertz CT molecular complexity index is 820. The maximum absolute atomic E-state index is 12.8. The topological polar surface area (TPSA) is 53.2 Å². The largest absolute Gasteiger partial charge is 0.351 e. The Morgan fingerprint density at radius 2 is 1.92 bits per heavy atom. The number of allylic oxidation sites excluding steroid dienone is 1. The van der Waals surface area contributed by atoms with Crippen LogP contribution in [0.2, 0.25) is 5.02 Å². The number of anilines is 1. The summed E-state index contributed by atoms with van der Waals surface area (Å²) in [5.74, 6) is -0.203. The number of hydrogen-bond acceptors (Lipinski definition) is 2. The highest BCUT2D eigenvalue weighted by Crippen LogP contribution is 2.28. The van der Waals surface area contributed by atoms with Crippen molar-refractivity contribution in [3.63, 3.8) is 0 Å². The standard InChI is InChI=1S/C18H16ClN3OS/c1-11-15(17(23)21-14-9-5-8-13(19)10-14)16(22-18(24)20-11)12-6-3-2-4-7-12/h2-10,16H,1H3,(H,21,23)(H2,20,22,24)/t16-/m0/s1. The quantitative estimate of drug-likeness (QED) is 0.732. The fourth-order valence-corrected chi connectivity index (χ4v) is 3.12. The number of amides is 1. The number of thiocarbonyl (C=S) groups is 1. The van der Waals surface area contributed by atoms with Crippen molar-refractivity contribution in [1.29, 1.82) is 0 Å². The van der Waals surface area contributed by atoms with Crippen molar-refractivity contribution in [1.82, 2.24) is 10.6 Å². The highest BCUT2D eigenvalue weighted by molar-refractivity contribution is 7.80. The normalized spacial score (nSPS) is 17.1. The van der Waals surface area contributed by atoms with Gasteiger partial charge in [0.2, 0.25) is 0 Å². The molecular weight excluding hydrogens is 342 g/mol. The SMILES string of the molecule is CC1=C(C(=O)Nc2cccc(Cl)c2)[C@H](c2ccccc2)NC(=S)N1. The van der Waals surface area contributed by atoms with Gasteiger partial charge in [0.15, 0.2) is 5.11 Å². The van der Waals surface area contributed by atoms with Gasteiger partial charge >= 0.3 is 0 Å². The molecule has 3 rings (SSSR count). The molecule has 0 fully saturated rings. The molecule has 4 nitrogen and oxygen atoms in total. The van der Waals surface area contributed by atoms with Crippen molar-refractivity contribution in [3.05, 3.63) is 76.5 Å². The van der Waals surface area contributed by atoms with E-state index in [0.29, 0.717) is 21.4 Å². The molecule has 2 aromatic carbocycles. The number of rotatable bonds is 3. The van der Waals surface area contributed by atoms with E-state index in [4.69, 9.17) is 23.8 Å². The van der Waals surface area contributed by atoms with Crippen LogP contribution in [0.1, 0.15) is 18.5 Å². The van der Waals surface area contributed by atoms with E-state index in [9.17, 15) is 4.79 Å². The van der Waals surface area contributed by atoms with E-state index in [-0.39, 0.29) is 11.9 Å². The molecule has 1 aliphatic heterocycles. The summed E-state index contributed by atoms with van der Waals surface area (Å²) in [6.07, 6.45) is 0. The summed E-state index contributed by atoms with van der Waals surface area (Å²) >= 11 is 11.2. The van der Waals surface area contributed by atoms with Crippen molar-refractivity contribution in [2.45, 2.75) is 13.0 Å². The zero-order chi connectivity index (χ0) is 17.1. The molecule has 0 bridgehead atoms. The molecular formula is C18H16ClN3OS. The number of benzene rings is 2. The van der Waals surface area contributed by atoms with Gasteiger partial charge in [0.05, 0.1) is 11.6 Å². The molecule has 0 aromatic heterocycles. The van der Waals surface area contributed by atoms with Crippen LogP contribution in [0, 0.1) is 0 Å². The summed E-state index contributed by atoms with van der Waals surface area (Å²) in [6.45, 7) is 1.84. The van der Waals surface area contributed by atoms with Gasteiger partial charge in [-0.3, -0.25) is 4.79 Å². The van der Waals surface area contributed by atoms with E-state index < -0.39 is 0 Å². The molecule has 1 amide bonds. The van der Waals surface area contributed by atoms with Crippen molar-refractivity contribution < 1.29 is 4.79 Å². The first-order valence-corrected chi connectivity index (χ1v) is 8.23. The predicted molar refractivity (Wildman–Crippen MR) is 101 cm³/mol. The maximum atomic E-state index is 12.8. The van der Waals surface area contributed by atoms with Gasteiger partial charge in [0.25, 0.3) is 5.91 Å². The van der Waals surface area contributed by atoms with Crippen molar-refractivity contribution in [2.75, 3.05) is 5.32 Å². The van der Waals surface area contributed by atoms with Crippen molar-refractivity contribution in [2.24, 2.45) is 0 Å². The van der Waals surface area contributed by atoms with Crippen LogP contribution < -0.4 is 16.0 Å². The van der Waals surface area contributed by atoms with E-state index in [2.05, 4.69) is 16.0 Å². The van der Waals surface area contributed by atoms with E-state index in [1.807, 2.05) is 37.3 Å². The minimum absolute atomic E-state index is 0.203. The van der Waals surface area contributed by atoms with E-state index in [1.165, 1.54) is 0 Å². The zero-order valence-electron chi connectivity index (χ0n) is 13.0. The van der Waals surface area contributed by atoms with Gasteiger partial charge < -0.3 is 16.0 Å². The molecule has 3 N–H and O–H groups in total. The molecule has 6 heteroatoms. The number of halogens is 1. The van der Waals surface area contributed by atoms with Gasteiger partial charge in [0, 0.05) is 16.4 Å². The lowest BCUT2D eigenvalue weighted by Gasteiger charge is -2.30. The third kappa shape index (κ3) is 3.58. The summed E-state index contributed by atoms with van der Waals surface area (Å²) in [7, 11) is 0. The Kier molecular flexibility index (Phi) is 4.83. The van der Waals surface area contributed by atoms with Gasteiger partial charge in [-0.25, -0.2) is 0 Å². The Labute approximate surface area is 150 Å². The first-order chi connectivity index (χ1) is 11.5. The highest BCUT2D eigenvalue weighted by atomic mass is 35.5. The molecule has 2 aromatic rings. The van der Waals surface area contributed by atoms with Crippen LogP contribution in [0.5, 0.6) is 0 Å². The summed E-state index contributed by atoms with van der Waals surface area (Å²) in [5.41, 5.74) is 2.94.